The van der Waals surface area contributed by atoms with Crippen molar-refractivity contribution in [3.63, 3.8) is 0 Å². The van der Waals surface area contributed by atoms with E-state index < -0.39 is 22.0 Å². The van der Waals surface area contributed by atoms with Gasteiger partial charge in [-0.1, -0.05) is 83.8 Å². The van der Waals surface area contributed by atoms with Gasteiger partial charge in [-0.25, -0.2) is 8.42 Å². The molecule has 1 N–H and O–H groups in total. The molecular weight excluding hydrogens is 428 g/mol. The topological polar surface area (TPSA) is 92.3 Å². The summed E-state index contributed by atoms with van der Waals surface area (Å²) in [4.78, 5) is 12.9. The Balaban J connectivity index is 1.72. The second-order valence-electron chi connectivity index (χ2n) is 6.23. The number of rotatable bonds is 8. The van der Waals surface area contributed by atoms with Crippen LogP contribution in [0.25, 0.3) is 0 Å². The van der Waals surface area contributed by atoms with Crippen molar-refractivity contribution in [2.75, 3.05) is 18.6 Å². The molecule has 0 spiro atoms. The molecule has 10 heteroatoms. The van der Waals surface area contributed by atoms with E-state index in [1.807, 2.05) is 30.3 Å². The first-order valence-corrected chi connectivity index (χ1v) is 12.3. The Morgan fingerprint density at radius 3 is 2.34 bits per heavy atom. The molecule has 0 aliphatic heterocycles. The normalized spacial score (nSPS) is 12.7. The van der Waals surface area contributed by atoms with E-state index in [1.54, 1.807) is 30.3 Å². The largest absolute Gasteiger partial charge is 0.299 e. The third-order valence-corrected chi connectivity index (χ3v) is 7.39. The fraction of sp³-hybridized carbons (Fsp3) is 0.211. The molecule has 0 aliphatic carbocycles. The standard InChI is InChI=1S/C19H20N4O3S3/c1-23(29(2,25)26)16(15-11-7-4-8-12-15)17(24)20-18-21-22-19(28-18)27-13-14-9-5-3-6-10-14/h3-12,16H,13H2,1-2H3,(H,20,21,24)/t16-/m0/s1. The van der Waals surface area contributed by atoms with Crippen molar-refractivity contribution < 1.29 is 13.2 Å². The van der Waals surface area contributed by atoms with Gasteiger partial charge in [-0.3, -0.25) is 10.1 Å². The van der Waals surface area contributed by atoms with Crippen LogP contribution < -0.4 is 5.32 Å². The number of sulfonamides is 1. The van der Waals surface area contributed by atoms with Crippen LogP contribution in [0.2, 0.25) is 0 Å². The molecule has 7 nitrogen and oxygen atoms in total. The van der Waals surface area contributed by atoms with E-state index in [9.17, 15) is 13.2 Å². The highest BCUT2D eigenvalue weighted by atomic mass is 32.2. The van der Waals surface area contributed by atoms with E-state index in [2.05, 4.69) is 15.5 Å². The van der Waals surface area contributed by atoms with Gasteiger partial charge in [0.15, 0.2) is 4.34 Å². The molecule has 1 atom stereocenters. The summed E-state index contributed by atoms with van der Waals surface area (Å²) in [6, 6.07) is 17.7. The van der Waals surface area contributed by atoms with Gasteiger partial charge in [-0.2, -0.15) is 4.31 Å². The number of benzene rings is 2. The predicted molar refractivity (Wildman–Crippen MR) is 116 cm³/mol. The number of thioether (sulfide) groups is 1. The molecule has 0 fully saturated rings. The molecule has 0 bridgehead atoms. The number of amides is 1. The first kappa shape index (κ1) is 21.4. The summed E-state index contributed by atoms with van der Waals surface area (Å²) in [7, 11) is -2.20. The van der Waals surface area contributed by atoms with Crippen LogP contribution in [-0.4, -0.2) is 42.1 Å². The van der Waals surface area contributed by atoms with E-state index in [4.69, 9.17) is 0 Å². The van der Waals surface area contributed by atoms with E-state index >= 15 is 0 Å². The molecule has 3 rings (SSSR count). The predicted octanol–water partition coefficient (Wildman–Crippen LogP) is 3.40. The molecule has 0 saturated heterocycles. The molecule has 0 radical (unpaired) electrons. The lowest BCUT2D eigenvalue weighted by Crippen LogP contribution is -2.38. The van der Waals surface area contributed by atoms with Crippen LogP contribution >= 0.6 is 23.1 Å². The quantitative estimate of drug-likeness (QED) is 0.419. The van der Waals surface area contributed by atoms with Crippen LogP contribution in [0, 0.1) is 0 Å². The summed E-state index contributed by atoms with van der Waals surface area (Å²) < 4.78 is 25.9. The van der Waals surface area contributed by atoms with Gasteiger partial charge in [0, 0.05) is 12.8 Å². The van der Waals surface area contributed by atoms with Gasteiger partial charge >= 0.3 is 0 Å². The van der Waals surface area contributed by atoms with Gasteiger partial charge in [-0.15, -0.1) is 10.2 Å². The van der Waals surface area contributed by atoms with Crippen LogP contribution in [0.4, 0.5) is 5.13 Å². The Hall–Kier alpha value is -2.27. The van der Waals surface area contributed by atoms with Crippen molar-refractivity contribution in [3.05, 3.63) is 71.8 Å². The van der Waals surface area contributed by atoms with E-state index in [0.717, 1.165) is 26.2 Å². The fourth-order valence-electron chi connectivity index (χ4n) is 2.56. The smallest absolute Gasteiger partial charge is 0.249 e. The van der Waals surface area contributed by atoms with Crippen molar-refractivity contribution in [3.8, 4) is 0 Å². The highest BCUT2D eigenvalue weighted by molar-refractivity contribution is 8.00. The first-order valence-electron chi connectivity index (χ1n) is 8.63. The third kappa shape index (κ3) is 5.86. The molecule has 152 valence electrons. The van der Waals surface area contributed by atoms with E-state index in [-0.39, 0.29) is 0 Å². The minimum atomic E-state index is -3.59. The Bertz CT molecular complexity index is 1060. The molecule has 0 saturated carbocycles. The van der Waals surface area contributed by atoms with Gasteiger partial charge in [-0.05, 0) is 11.1 Å². The summed E-state index contributed by atoms with van der Waals surface area (Å²) in [5.74, 6) is 0.257. The minimum absolute atomic E-state index is 0.327. The molecule has 0 unspecified atom stereocenters. The molecule has 2 aromatic carbocycles. The highest BCUT2D eigenvalue weighted by Crippen LogP contribution is 2.30. The van der Waals surface area contributed by atoms with Crippen molar-refractivity contribution in [1.29, 1.82) is 0 Å². The third-order valence-electron chi connectivity index (χ3n) is 4.09. The number of anilines is 1. The van der Waals surface area contributed by atoms with Gasteiger partial charge in [0.25, 0.3) is 0 Å². The average molecular weight is 449 g/mol. The van der Waals surface area contributed by atoms with Crippen molar-refractivity contribution in [2.24, 2.45) is 0 Å². The van der Waals surface area contributed by atoms with E-state index in [1.165, 1.54) is 30.1 Å². The van der Waals surface area contributed by atoms with Crippen molar-refractivity contribution in [2.45, 2.75) is 16.1 Å². The zero-order valence-corrected chi connectivity index (χ0v) is 18.3. The van der Waals surface area contributed by atoms with Gasteiger partial charge in [0.2, 0.25) is 21.1 Å². The highest BCUT2D eigenvalue weighted by Gasteiger charge is 2.31. The number of nitrogens with one attached hydrogen (secondary N) is 1. The minimum Gasteiger partial charge on any atom is -0.299 e. The Morgan fingerprint density at radius 2 is 1.72 bits per heavy atom. The number of hydrogen-bond donors (Lipinski definition) is 1. The number of likely N-dealkylation sites (N-methyl/N-ethyl adjacent to an activating group) is 1. The maximum absolute atomic E-state index is 12.9. The summed E-state index contributed by atoms with van der Waals surface area (Å²) in [6.45, 7) is 0. The van der Waals surface area contributed by atoms with Gasteiger partial charge < -0.3 is 0 Å². The number of carbonyl (C=O) groups excluding carboxylic acids is 1. The zero-order valence-electron chi connectivity index (χ0n) is 15.8. The number of hydrogen-bond acceptors (Lipinski definition) is 7. The molecule has 3 aromatic rings. The average Bonchev–Trinajstić information content (AvgIpc) is 3.15. The summed E-state index contributed by atoms with van der Waals surface area (Å²) in [5.41, 5.74) is 1.73. The number of nitrogens with zero attached hydrogens (tertiary/aromatic N) is 3. The molecule has 29 heavy (non-hydrogen) atoms. The Labute approximate surface area is 178 Å². The zero-order chi connectivity index (χ0) is 20.9. The maximum Gasteiger partial charge on any atom is 0.249 e. The van der Waals surface area contributed by atoms with Crippen LogP contribution in [-0.2, 0) is 20.6 Å². The number of carbonyl (C=O) groups is 1. The monoisotopic (exact) mass is 448 g/mol. The summed E-state index contributed by atoms with van der Waals surface area (Å²) in [5, 5.41) is 11.1. The Kier molecular flexibility index (Phi) is 7.01. The SMILES string of the molecule is CN([C@H](C(=O)Nc1nnc(SCc2ccccc2)s1)c1ccccc1)S(C)(=O)=O. The summed E-state index contributed by atoms with van der Waals surface area (Å²) in [6.07, 6.45) is 1.07. The maximum atomic E-state index is 12.9. The molecule has 1 heterocycles. The van der Waals surface area contributed by atoms with Crippen LogP contribution in [0.5, 0.6) is 0 Å². The van der Waals surface area contributed by atoms with Gasteiger partial charge in [0.1, 0.15) is 6.04 Å². The molecule has 0 aliphatic rings. The van der Waals surface area contributed by atoms with Crippen LogP contribution in [0.1, 0.15) is 17.2 Å². The van der Waals surface area contributed by atoms with Crippen molar-refractivity contribution in [1.82, 2.24) is 14.5 Å². The second-order valence-corrected chi connectivity index (χ2v) is 10.5. The van der Waals surface area contributed by atoms with Crippen molar-refractivity contribution >= 4 is 44.2 Å². The second kappa shape index (κ2) is 9.49. The van der Waals surface area contributed by atoms with Crippen LogP contribution in [0.15, 0.2) is 65.0 Å². The fourth-order valence-corrected chi connectivity index (χ4v) is 4.88. The Morgan fingerprint density at radius 1 is 1.10 bits per heavy atom. The molecular formula is C19H20N4O3S3. The lowest BCUT2D eigenvalue weighted by molar-refractivity contribution is -0.119. The van der Waals surface area contributed by atoms with Gasteiger partial charge in [0.05, 0.1) is 6.26 Å². The van der Waals surface area contributed by atoms with E-state index in [0.29, 0.717) is 10.7 Å². The number of aromatic nitrogens is 2. The molecule has 1 aromatic heterocycles. The van der Waals surface area contributed by atoms with Crippen LogP contribution in [0.3, 0.4) is 0 Å². The lowest BCUT2D eigenvalue weighted by atomic mass is 10.1. The first-order chi connectivity index (χ1) is 13.8. The lowest BCUT2D eigenvalue weighted by Gasteiger charge is -2.25. The summed E-state index contributed by atoms with van der Waals surface area (Å²) >= 11 is 2.78. The molecule has 1 amide bonds.